The predicted octanol–water partition coefficient (Wildman–Crippen LogP) is 21.2. The number of imidazole rings is 1. The summed E-state index contributed by atoms with van der Waals surface area (Å²) >= 11 is 0. The van der Waals surface area contributed by atoms with Gasteiger partial charge in [-0.05, 0) is 195 Å². The van der Waals surface area contributed by atoms with Gasteiger partial charge in [-0.25, -0.2) is 4.98 Å². The van der Waals surface area contributed by atoms with Gasteiger partial charge in [0.2, 0.25) is 0 Å². The number of hydrogen-bond donors (Lipinski definition) is 0. The molecule has 492 valence electrons. The maximum absolute atomic E-state index is 10.3. The van der Waals surface area contributed by atoms with E-state index in [1.54, 1.807) is 12.1 Å². The number of fused-ring (bicyclic) bond motifs is 14. The van der Waals surface area contributed by atoms with Gasteiger partial charge >= 0.3 is 0 Å². The summed E-state index contributed by atoms with van der Waals surface area (Å²) in [6.07, 6.45) is 7.60. The zero-order chi connectivity index (χ0) is 82.0. The molecule has 18 rings (SSSR count). The van der Waals surface area contributed by atoms with E-state index in [0.29, 0.717) is 50.7 Å². The first kappa shape index (κ1) is 47.8. The first-order valence-corrected chi connectivity index (χ1v) is 36.5. The van der Waals surface area contributed by atoms with Gasteiger partial charge in [0.1, 0.15) is 28.5 Å². The minimum absolute atomic E-state index is 0.0717. The maximum atomic E-state index is 10.3. The molecular formula is C94H80N4O2Si. The lowest BCUT2D eigenvalue weighted by Gasteiger charge is -2.42. The minimum atomic E-state index is -5.89. The van der Waals surface area contributed by atoms with Crippen LogP contribution in [0.5, 0.6) is 11.5 Å². The number of nitrogens with zero attached hydrogens (tertiary/aromatic N) is 4. The van der Waals surface area contributed by atoms with Gasteiger partial charge in [0.15, 0.2) is 8.07 Å². The fourth-order valence-corrected chi connectivity index (χ4v) is 19.7. The van der Waals surface area contributed by atoms with Gasteiger partial charge in [-0.15, -0.1) is 0 Å². The van der Waals surface area contributed by atoms with Crippen LogP contribution in [-0.4, -0.2) is 22.2 Å². The Morgan fingerprint density at radius 2 is 1.05 bits per heavy atom. The standard InChI is InChI=1S/C94H80N4O2Si/c1-91(2,3)61-45-48-95-88(52-61)98-83-39-24-22-37-72(83)73-43-42-65(54-84(73)98)99-64-28-26-27-63(53-64)96-59-97-89-75(60-41-44-87-78(49-60)74-38-23-25-40-86(74)100-87)50-62(92(4,5)6)51-79(89)77-58-82-81(93(7,8)46-47-94(82,9)10)57-76(77)70-35-20-21-36-71(70)80-55-69(56-85(96)90(80)97)101(66-29-14-11-15-30-66,67-31-16-12-17-32-67)68-33-18-13-19-34-68/h11-45,48-58H,46-47H2,1-10H3/i11D,12D,13D,14D,15D,16D,17D,18D,19D,29D,30D,31D,32D,33D,34D. The Morgan fingerprint density at radius 3 is 1.72 bits per heavy atom. The molecular weight excluding hydrogens is 1250 g/mol. The average Bonchev–Trinajstić information content (AvgIpc) is 1.10. The van der Waals surface area contributed by atoms with Crippen LogP contribution in [0.2, 0.25) is 0 Å². The van der Waals surface area contributed by atoms with E-state index in [4.69, 9.17) is 18.3 Å². The van der Waals surface area contributed by atoms with Crippen LogP contribution in [0.4, 0.5) is 0 Å². The third-order valence-corrected chi connectivity index (χ3v) is 25.4. The van der Waals surface area contributed by atoms with E-state index in [1.165, 1.54) is 5.56 Å². The van der Waals surface area contributed by atoms with E-state index in [1.807, 2.05) is 120 Å². The molecule has 2 aliphatic rings. The Kier molecular flexibility index (Phi) is 10.9. The van der Waals surface area contributed by atoms with Crippen molar-refractivity contribution in [3.63, 3.8) is 0 Å². The Bertz CT molecular complexity index is 6750. The van der Waals surface area contributed by atoms with Gasteiger partial charge in [-0.3, -0.25) is 13.7 Å². The number of hydrogen-bond acceptors (Lipinski definition) is 3. The molecule has 0 unspecified atom stereocenters. The van der Waals surface area contributed by atoms with Gasteiger partial charge in [0.25, 0.3) is 6.33 Å². The third-order valence-electron chi connectivity index (χ3n) is 21.3. The zero-order valence-electron chi connectivity index (χ0n) is 72.9. The average molecular weight is 1340 g/mol. The summed E-state index contributed by atoms with van der Waals surface area (Å²) in [5, 5.41) is 1.86. The van der Waals surface area contributed by atoms with E-state index in [-0.39, 0.29) is 26.9 Å². The van der Waals surface area contributed by atoms with E-state index in [0.717, 1.165) is 101 Å². The number of furan rings is 1. The maximum Gasteiger partial charge on any atom is 0.269 e. The van der Waals surface area contributed by atoms with Crippen molar-refractivity contribution in [2.24, 2.45) is 0 Å². The number of aromatic nitrogens is 4. The second-order valence-electron chi connectivity index (χ2n) is 30.4. The lowest BCUT2D eigenvalue weighted by atomic mass is 9.62. The van der Waals surface area contributed by atoms with Crippen molar-refractivity contribution in [1.82, 2.24) is 14.1 Å². The molecule has 12 aromatic carbocycles. The molecule has 0 N–H and O–H groups in total. The largest absolute Gasteiger partial charge is 0.458 e. The molecule has 5 heterocycles. The summed E-state index contributed by atoms with van der Waals surface area (Å²) in [7, 11) is -5.89. The molecule has 7 heteroatoms. The molecule has 1 aliphatic carbocycles. The highest BCUT2D eigenvalue weighted by Crippen LogP contribution is 2.53. The fraction of sp³-hybridized carbons (Fsp3) is 0.170. The normalized spacial score (nSPS) is 16.2. The van der Waals surface area contributed by atoms with Crippen LogP contribution in [0.1, 0.15) is 125 Å². The van der Waals surface area contributed by atoms with E-state index < -0.39 is 120 Å². The van der Waals surface area contributed by atoms with Gasteiger partial charge in [0, 0.05) is 33.8 Å². The van der Waals surface area contributed by atoms with Crippen LogP contribution in [0.15, 0.2) is 283 Å². The monoisotopic (exact) mass is 1340 g/mol. The zero-order valence-corrected chi connectivity index (χ0v) is 58.9. The number of pyridine rings is 1. The first-order chi connectivity index (χ1) is 55.0. The highest BCUT2D eigenvalue weighted by Gasteiger charge is 2.44. The second kappa shape index (κ2) is 23.0. The van der Waals surface area contributed by atoms with E-state index in [9.17, 15) is 16.4 Å². The fourth-order valence-electron chi connectivity index (χ4n) is 15.9. The SMILES string of the molecule is [2H]c1c([2H])c([2H])c([Si](c2cc3c4c(c2)n(-c2cccc(Oc5ccc6c7ccccc7n(-c7cc(C(C)(C)C)ccn7)c6c5)c2)[c-][n+]4-c2c(-c4ccc5oc6ccccc6c5c4)cc(C(C)(C)C)cc2-c2cc4c(cc2-c2ccccc2-3)C(C)(C)CCC4(C)C)(c2c([2H])c([2H])c([2H])c([2H])c2[2H])c2c([2H])c([2H])c([2H])c([2H])c2[2H])c([2H])c1[2H]. The Morgan fingerprint density at radius 1 is 0.465 bits per heavy atom. The quantitative estimate of drug-likeness (QED) is 0.0626. The lowest BCUT2D eigenvalue weighted by molar-refractivity contribution is -0.570. The Labute approximate surface area is 613 Å². The summed E-state index contributed by atoms with van der Waals surface area (Å²) in [6, 6.07) is 47.5. The summed E-state index contributed by atoms with van der Waals surface area (Å²) in [5.74, 6) is 1.60. The predicted molar refractivity (Wildman–Crippen MR) is 421 cm³/mol. The Balaban J connectivity index is 1.04. The summed E-state index contributed by atoms with van der Waals surface area (Å²) in [4.78, 5) is 4.96. The first-order valence-electron chi connectivity index (χ1n) is 42.0. The van der Waals surface area contributed by atoms with Crippen molar-refractivity contribution < 1.29 is 34.3 Å². The van der Waals surface area contributed by atoms with E-state index >= 15 is 0 Å². The molecule has 0 amide bonds. The molecule has 6 nitrogen and oxygen atoms in total. The van der Waals surface area contributed by atoms with Gasteiger partial charge in [0.05, 0.1) is 54.0 Å². The van der Waals surface area contributed by atoms with Crippen LogP contribution in [0, 0.1) is 6.33 Å². The molecule has 0 radical (unpaired) electrons. The second-order valence-corrected chi connectivity index (χ2v) is 34.0. The van der Waals surface area contributed by atoms with Crippen LogP contribution in [-0.2, 0) is 21.7 Å². The minimum Gasteiger partial charge on any atom is -0.458 e. The molecule has 0 bridgehead atoms. The van der Waals surface area contributed by atoms with Crippen molar-refractivity contribution >= 4 is 83.6 Å². The van der Waals surface area contributed by atoms with Crippen molar-refractivity contribution in [3.05, 3.63) is 307 Å². The summed E-state index contributed by atoms with van der Waals surface area (Å²) < 4.78 is 167. The highest BCUT2D eigenvalue weighted by atomic mass is 28.3. The van der Waals surface area contributed by atoms with Gasteiger partial charge in [-0.1, -0.05) is 263 Å². The van der Waals surface area contributed by atoms with Crippen LogP contribution in [0.25, 0.3) is 116 Å². The molecule has 4 aromatic heterocycles. The Hall–Kier alpha value is -11.1. The third kappa shape index (κ3) is 10.0. The molecule has 0 saturated heterocycles. The van der Waals surface area contributed by atoms with Crippen molar-refractivity contribution in [3.8, 4) is 73.2 Å². The van der Waals surface area contributed by atoms with E-state index in [2.05, 4.69) is 145 Å². The molecule has 16 aromatic rings. The van der Waals surface area contributed by atoms with Crippen molar-refractivity contribution in [2.75, 3.05) is 0 Å². The smallest absolute Gasteiger partial charge is 0.269 e. The molecule has 1 aliphatic heterocycles. The van der Waals surface area contributed by atoms with Crippen molar-refractivity contribution in [2.45, 2.75) is 104 Å². The summed E-state index contributed by atoms with van der Waals surface area (Å²) in [5.41, 5.74) is 14.1. The van der Waals surface area contributed by atoms with Crippen LogP contribution >= 0.6 is 0 Å². The number of benzene rings is 12. The summed E-state index contributed by atoms with van der Waals surface area (Å²) in [6.45, 7) is 22.3. The molecule has 0 spiro atoms. The molecule has 101 heavy (non-hydrogen) atoms. The van der Waals surface area contributed by atoms with Crippen LogP contribution in [0.3, 0.4) is 0 Å². The molecule has 0 saturated carbocycles. The molecule has 0 fully saturated rings. The number of rotatable bonds is 9. The number of para-hydroxylation sites is 2. The highest BCUT2D eigenvalue weighted by molar-refractivity contribution is 7.20. The van der Waals surface area contributed by atoms with Gasteiger partial charge < -0.3 is 9.15 Å². The van der Waals surface area contributed by atoms with Crippen molar-refractivity contribution in [1.29, 1.82) is 0 Å². The van der Waals surface area contributed by atoms with Gasteiger partial charge in [-0.2, -0.15) is 0 Å². The molecule has 0 atom stereocenters. The lowest BCUT2D eigenvalue weighted by Crippen LogP contribution is -2.74. The number of ether oxygens (including phenoxy) is 1. The topological polar surface area (TPSA) is 49.0 Å². The van der Waals surface area contributed by atoms with Crippen LogP contribution < -0.4 is 30.1 Å².